The van der Waals surface area contributed by atoms with E-state index in [1.807, 2.05) is 13.8 Å². The highest BCUT2D eigenvalue weighted by Gasteiger charge is 2.76. The molecule has 4 fully saturated rings. The molecular weight excluding hydrogens is 480 g/mol. The standard InChI is InChI=1S/C28H36O7S/c1-5-26(4)15-22(35-23(30)16-34-36(32,33)20-8-6-17(2)7-9-20)28-14-19(28)10-12-27(18(3)25(26)31)13-11-21(29)24(27)28/h5-9,18-19,22,24-25,31H,1,10-16H2,2-4H3/t18-,19+,22+,24+,25-,26-,27-,28?/m0/s1. The summed E-state index contributed by atoms with van der Waals surface area (Å²) in [5, 5.41) is 11.5. The van der Waals surface area contributed by atoms with Gasteiger partial charge in [-0.2, -0.15) is 8.42 Å². The lowest BCUT2D eigenvalue weighted by Crippen LogP contribution is -2.58. The Bertz CT molecular complexity index is 1190. The first-order valence-corrected chi connectivity index (χ1v) is 14.3. The van der Waals surface area contributed by atoms with Crippen molar-refractivity contribution in [2.75, 3.05) is 6.61 Å². The summed E-state index contributed by atoms with van der Waals surface area (Å²) in [5.41, 5.74) is -0.594. The van der Waals surface area contributed by atoms with E-state index in [-0.39, 0.29) is 33.8 Å². The maximum Gasteiger partial charge on any atom is 0.333 e. The highest BCUT2D eigenvalue weighted by molar-refractivity contribution is 7.86. The second kappa shape index (κ2) is 8.50. The number of benzene rings is 1. The summed E-state index contributed by atoms with van der Waals surface area (Å²) < 4.78 is 36.2. The van der Waals surface area contributed by atoms with Crippen LogP contribution in [0.15, 0.2) is 41.8 Å². The van der Waals surface area contributed by atoms with Crippen molar-refractivity contribution >= 4 is 21.9 Å². The van der Waals surface area contributed by atoms with Crippen LogP contribution in [0.4, 0.5) is 0 Å². The molecule has 196 valence electrons. The topological polar surface area (TPSA) is 107 Å². The zero-order valence-electron chi connectivity index (χ0n) is 21.2. The normalized spacial score (nSPS) is 41.4. The predicted octanol–water partition coefficient (Wildman–Crippen LogP) is 3.97. The summed E-state index contributed by atoms with van der Waals surface area (Å²) in [6.45, 7) is 9.08. The van der Waals surface area contributed by atoms with E-state index in [0.29, 0.717) is 12.8 Å². The summed E-state index contributed by atoms with van der Waals surface area (Å²) in [6, 6.07) is 6.19. The average molecular weight is 517 g/mol. The molecule has 0 amide bonds. The zero-order chi connectivity index (χ0) is 26.1. The fourth-order valence-corrected chi connectivity index (χ4v) is 8.80. The van der Waals surface area contributed by atoms with Crippen molar-refractivity contribution in [1.82, 2.24) is 0 Å². The van der Waals surface area contributed by atoms with Crippen LogP contribution in [0, 0.1) is 40.9 Å². The minimum absolute atomic E-state index is 0.0299. The van der Waals surface area contributed by atoms with E-state index in [9.17, 15) is 23.1 Å². The highest BCUT2D eigenvalue weighted by Crippen LogP contribution is 2.77. The van der Waals surface area contributed by atoms with Crippen LogP contribution < -0.4 is 0 Å². The summed E-state index contributed by atoms with van der Waals surface area (Å²) in [4.78, 5) is 26.3. The molecule has 8 atom stereocenters. The molecule has 8 heteroatoms. The van der Waals surface area contributed by atoms with Crippen LogP contribution >= 0.6 is 0 Å². The van der Waals surface area contributed by atoms with Crippen molar-refractivity contribution in [3.05, 3.63) is 42.5 Å². The third kappa shape index (κ3) is 3.71. The summed E-state index contributed by atoms with van der Waals surface area (Å²) in [7, 11) is -4.13. The van der Waals surface area contributed by atoms with E-state index in [2.05, 4.69) is 13.5 Å². The van der Waals surface area contributed by atoms with Crippen LogP contribution in [-0.4, -0.2) is 44.1 Å². The van der Waals surface area contributed by atoms with Crippen molar-refractivity contribution < 1.29 is 32.0 Å². The number of hydrogen-bond acceptors (Lipinski definition) is 7. The van der Waals surface area contributed by atoms with Crippen LogP contribution in [-0.2, 0) is 28.6 Å². The molecule has 0 radical (unpaired) electrons. The molecule has 1 aromatic carbocycles. The number of aryl methyl sites for hydroxylation is 1. The summed E-state index contributed by atoms with van der Waals surface area (Å²) >= 11 is 0. The Hall–Kier alpha value is -2.03. The molecule has 0 aromatic heterocycles. The van der Waals surface area contributed by atoms with Crippen molar-refractivity contribution in [3.8, 4) is 0 Å². The van der Waals surface area contributed by atoms with E-state index in [0.717, 1.165) is 31.2 Å². The second-order valence-electron chi connectivity index (χ2n) is 11.8. The van der Waals surface area contributed by atoms with E-state index in [1.54, 1.807) is 18.2 Å². The van der Waals surface area contributed by atoms with Gasteiger partial charge >= 0.3 is 5.97 Å². The van der Waals surface area contributed by atoms with Crippen LogP contribution in [0.25, 0.3) is 0 Å². The number of esters is 1. The van der Waals surface area contributed by atoms with Gasteiger partial charge < -0.3 is 9.84 Å². The minimum Gasteiger partial charge on any atom is -0.460 e. The first-order valence-electron chi connectivity index (χ1n) is 12.9. The molecule has 4 aliphatic rings. The Morgan fingerprint density at radius 2 is 1.92 bits per heavy atom. The molecule has 1 unspecified atom stereocenters. The zero-order valence-corrected chi connectivity index (χ0v) is 22.1. The van der Waals surface area contributed by atoms with Crippen LogP contribution in [0.1, 0.15) is 57.9 Å². The van der Waals surface area contributed by atoms with E-state index in [4.69, 9.17) is 8.92 Å². The van der Waals surface area contributed by atoms with Crippen molar-refractivity contribution in [2.45, 2.75) is 76.4 Å². The third-order valence-corrected chi connectivity index (χ3v) is 11.4. The smallest absolute Gasteiger partial charge is 0.333 e. The number of Topliss-reactive ketones (excluding diaryl/α,β-unsaturated/α-hetero) is 1. The Balaban J connectivity index is 1.42. The monoisotopic (exact) mass is 516 g/mol. The SMILES string of the molecule is C=C[C@@]1(C)C[C@@H](OC(=O)COS(=O)(=O)c2ccc(C)cc2)C23C[C@H]2CC[C@]2(CCC(=O)[C@@H]32)[C@@H](C)[C@@H]1O. The van der Waals surface area contributed by atoms with Gasteiger partial charge in [-0.25, -0.2) is 4.79 Å². The number of carbonyl (C=O) groups is 2. The summed E-state index contributed by atoms with van der Waals surface area (Å²) in [5.74, 6) is -0.637. The molecule has 0 aliphatic heterocycles. The molecular formula is C28H36O7S. The highest BCUT2D eigenvalue weighted by atomic mass is 32.2. The van der Waals surface area contributed by atoms with Gasteiger partial charge in [-0.15, -0.1) is 6.58 Å². The van der Waals surface area contributed by atoms with E-state index in [1.165, 1.54) is 12.1 Å². The number of carbonyl (C=O) groups excluding carboxylic acids is 2. The summed E-state index contributed by atoms with van der Waals surface area (Å²) in [6.07, 6.45) is 4.57. The molecule has 0 saturated heterocycles. The van der Waals surface area contributed by atoms with Crippen molar-refractivity contribution in [1.29, 1.82) is 0 Å². The fraction of sp³-hybridized carbons (Fsp3) is 0.643. The molecule has 1 N–H and O–H groups in total. The minimum atomic E-state index is -4.13. The molecule has 5 rings (SSSR count). The van der Waals surface area contributed by atoms with Gasteiger partial charge in [-0.05, 0) is 68.4 Å². The van der Waals surface area contributed by atoms with Crippen LogP contribution in [0.3, 0.4) is 0 Å². The van der Waals surface area contributed by atoms with Crippen molar-refractivity contribution in [3.63, 3.8) is 0 Å². The van der Waals surface area contributed by atoms with Gasteiger partial charge in [0.1, 0.15) is 11.9 Å². The molecule has 36 heavy (non-hydrogen) atoms. The van der Waals surface area contributed by atoms with Gasteiger partial charge in [0, 0.05) is 23.2 Å². The van der Waals surface area contributed by atoms with E-state index < -0.39 is 45.7 Å². The number of rotatable bonds is 6. The Morgan fingerprint density at radius 1 is 1.22 bits per heavy atom. The quantitative estimate of drug-likeness (QED) is 0.346. The fourth-order valence-electron chi connectivity index (χ4n) is 7.95. The number of aliphatic hydroxyl groups is 1. The average Bonchev–Trinajstić information content (AvgIpc) is 3.50. The van der Waals surface area contributed by atoms with Gasteiger partial charge in [0.25, 0.3) is 10.1 Å². The maximum atomic E-state index is 13.3. The number of ether oxygens (including phenoxy) is 1. The molecule has 4 saturated carbocycles. The second-order valence-corrected chi connectivity index (χ2v) is 13.5. The first kappa shape index (κ1) is 25.6. The molecule has 2 bridgehead atoms. The lowest BCUT2D eigenvalue weighted by atomic mass is 9.50. The largest absolute Gasteiger partial charge is 0.460 e. The maximum absolute atomic E-state index is 13.3. The molecule has 1 aromatic rings. The first-order chi connectivity index (χ1) is 16.9. The third-order valence-electron chi connectivity index (χ3n) is 10.1. The molecule has 7 nitrogen and oxygen atoms in total. The van der Waals surface area contributed by atoms with Gasteiger partial charge in [0.15, 0.2) is 6.61 Å². The number of aliphatic hydroxyl groups excluding tert-OH is 1. The Morgan fingerprint density at radius 3 is 2.58 bits per heavy atom. The molecule has 0 heterocycles. The van der Waals surface area contributed by atoms with Gasteiger partial charge in [-0.3, -0.25) is 8.98 Å². The lowest BCUT2D eigenvalue weighted by molar-refractivity contribution is -0.180. The van der Waals surface area contributed by atoms with Crippen LogP contribution in [0.5, 0.6) is 0 Å². The predicted molar refractivity (Wildman–Crippen MR) is 132 cm³/mol. The van der Waals surface area contributed by atoms with E-state index >= 15 is 0 Å². The molecule has 1 spiro atoms. The number of hydrogen-bond donors (Lipinski definition) is 1. The van der Waals surface area contributed by atoms with Crippen molar-refractivity contribution in [2.24, 2.45) is 34.0 Å². The molecule has 4 aliphatic carbocycles. The van der Waals surface area contributed by atoms with Crippen LogP contribution in [0.2, 0.25) is 0 Å². The Labute approximate surface area is 213 Å². The van der Waals surface area contributed by atoms with Gasteiger partial charge in [-0.1, -0.05) is 37.6 Å². The van der Waals surface area contributed by atoms with Gasteiger partial charge in [0.2, 0.25) is 0 Å². The lowest BCUT2D eigenvalue weighted by Gasteiger charge is -2.55. The Kier molecular flexibility index (Phi) is 6.05. The number of ketones is 1. The van der Waals surface area contributed by atoms with Gasteiger partial charge in [0.05, 0.1) is 11.0 Å².